The van der Waals surface area contributed by atoms with Crippen molar-refractivity contribution in [2.45, 2.75) is 0 Å². The number of nitrogens with one attached hydrogen (secondary N) is 1. The number of aromatic nitrogens is 2. The summed E-state index contributed by atoms with van der Waals surface area (Å²) in [6.45, 7) is 2.61. The van der Waals surface area contributed by atoms with Crippen molar-refractivity contribution in [3.63, 3.8) is 0 Å². The molecule has 132 valence electrons. The van der Waals surface area contributed by atoms with Crippen LogP contribution in [0.4, 0.5) is 24.7 Å². The van der Waals surface area contributed by atoms with Gasteiger partial charge in [-0.1, -0.05) is 0 Å². The molecule has 1 N–H and O–H groups in total. The average molecular weight is 351 g/mol. The standard InChI is InChI=1S/C16H16F3N5O/c17-11-1-2-12(16(19)15(11)18)22-14(25)10-23-5-7-24(8-6-23)13-9-20-3-4-21-13/h1-4,9H,5-8,10H2,(H,22,25). The molecule has 0 saturated carbocycles. The Morgan fingerprint density at radius 3 is 2.52 bits per heavy atom. The van der Waals surface area contributed by atoms with Gasteiger partial charge < -0.3 is 10.2 Å². The highest BCUT2D eigenvalue weighted by molar-refractivity contribution is 5.92. The van der Waals surface area contributed by atoms with Crippen LogP contribution in [0.5, 0.6) is 0 Å². The normalized spacial score (nSPS) is 15.2. The summed E-state index contributed by atoms with van der Waals surface area (Å²) in [4.78, 5) is 24.2. The molecule has 1 aliphatic heterocycles. The van der Waals surface area contributed by atoms with Crippen molar-refractivity contribution in [1.82, 2.24) is 14.9 Å². The van der Waals surface area contributed by atoms with Crippen molar-refractivity contribution in [3.8, 4) is 0 Å². The Morgan fingerprint density at radius 2 is 1.84 bits per heavy atom. The Morgan fingerprint density at radius 1 is 1.08 bits per heavy atom. The zero-order valence-electron chi connectivity index (χ0n) is 13.3. The lowest BCUT2D eigenvalue weighted by atomic mass is 10.2. The van der Waals surface area contributed by atoms with Crippen LogP contribution in [-0.4, -0.2) is 53.5 Å². The van der Waals surface area contributed by atoms with E-state index in [1.165, 1.54) is 0 Å². The van der Waals surface area contributed by atoms with Crippen molar-refractivity contribution in [2.24, 2.45) is 0 Å². The van der Waals surface area contributed by atoms with E-state index in [1.54, 1.807) is 18.6 Å². The second-order valence-corrected chi connectivity index (χ2v) is 5.60. The number of carbonyl (C=O) groups is 1. The SMILES string of the molecule is O=C(CN1CCN(c2cnccn2)CC1)Nc1ccc(F)c(F)c1F. The molecule has 1 aromatic carbocycles. The lowest BCUT2D eigenvalue weighted by Gasteiger charge is -2.34. The molecule has 0 radical (unpaired) electrons. The molecule has 1 saturated heterocycles. The molecule has 1 aromatic heterocycles. The molecular weight excluding hydrogens is 335 g/mol. The molecule has 0 aliphatic carbocycles. The van der Waals surface area contributed by atoms with Crippen LogP contribution in [0.25, 0.3) is 0 Å². The van der Waals surface area contributed by atoms with Gasteiger partial charge in [-0.3, -0.25) is 14.7 Å². The topological polar surface area (TPSA) is 61.4 Å². The van der Waals surface area contributed by atoms with Gasteiger partial charge in [-0.15, -0.1) is 0 Å². The monoisotopic (exact) mass is 351 g/mol. The molecule has 6 nitrogen and oxygen atoms in total. The summed E-state index contributed by atoms with van der Waals surface area (Å²) in [7, 11) is 0. The minimum Gasteiger partial charge on any atom is -0.353 e. The van der Waals surface area contributed by atoms with Crippen molar-refractivity contribution in [1.29, 1.82) is 0 Å². The molecule has 25 heavy (non-hydrogen) atoms. The van der Waals surface area contributed by atoms with Gasteiger partial charge >= 0.3 is 0 Å². The minimum absolute atomic E-state index is 0.0345. The molecule has 2 heterocycles. The number of rotatable bonds is 4. The first-order chi connectivity index (χ1) is 12.0. The van der Waals surface area contributed by atoms with Crippen LogP contribution in [0.1, 0.15) is 0 Å². The third-order valence-electron chi connectivity index (χ3n) is 3.92. The molecule has 9 heteroatoms. The number of piperazine rings is 1. The predicted molar refractivity (Wildman–Crippen MR) is 85.6 cm³/mol. The van der Waals surface area contributed by atoms with Crippen LogP contribution in [-0.2, 0) is 4.79 Å². The first kappa shape index (κ1) is 17.2. The third kappa shape index (κ3) is 4.05. The summed E-state index contributed by atoms with van der Waals surface area (Å²) >= 11 is 0. The zero-order valence-corrected chi connectivity index (χ0v) is 13.3. The van der Waals surface area contributed by atoms with E-state index in [-0.39, 0.29) is 12.2 Å². The quantitative estimate of drug-likeness (QED) is 0.849. The van der Waals surface area contributed by atoms with Gasteiger partial charge in [-0.2, -0.15) is 0 Å². The van der Waals surface area contributed by atoms with Gasteiger partial charge in [-0.25, -0.2) is 18.2 Å². The van der Waals surface area contributed by atoms with E-state index in [0.717, 1.165) is 18.0 Å². The molecule has 3 rings (SSSR count). The first-order valence-electron chi connectivity index (χ1n) is 7.71. The molecule has 1 amide bonds. The Labute approximate surface area is 142 Å². The van der Waals surface area contributed by atoms with Crippen LogP contribution in [0.2, 0.25) is 0 Å². The van der Waals surface area contributed by atoms with Crippen molar-refractivity contribution in [3.05, 3.63) is 48.2 Å². The molecule has 0 bridgehead atoms. The molecule has 1 fully saturated rings. The number of benzene rings is 1. The van der Waals surface area contributed by atoms with Crippen LogP contribution >= 0.6 is 0 Å². The fourth-order valence-corrected chi connectivity index (χ4v) is 2.60. The Hall–Kier alpha value is -2.68. The highest BCUT2D eigenvalue weighted by atomic mass is 19.2. The van der Waals surface area contributed by atoms with Gasteiger partial charge in [0, 0.05) is 38.6 Å². The van der Waals surface area contributed by atoms with E-state index in [9.17, 15) is 18.0 Å². The van der Waals surface area contributed by atoms with Crippen LogP contribution in [0.3, 0.4) is 0 Å². The molecule has 0 unspecified atom stereocenters. The number of halogens is 3. The van der Waals surface area contributed by atoms with Gasteiger partial charge in [0.1, 0.15) is 5.82 Å². The largest absolute Gasteiger partial charge is 0.353 e. The Kier molecular flexibility index (Phi) is 5.13. The van der Waals surface area contributed by atoms with E-state index in [0.29, 0.717) is 26.2 Å². The lowest BCUT2D eigenvalue weighted by molar-refractivity contribution is -0.117. The average Bonchev–Trinajstić information content (AvgIpc) is 2.63. The van der Waals surface area contributed by atoms with E-state index in [4.69, 9.17) is 0 Å². The second-order valence-electron chi connectivity index (χ2n) is 5.60. The Balaban J connectivity index is 1.52. The fraction of sp³-hybridized carbons (Fsp3) is 0.312. The van der Waals surface area contributed by atoms with Gasteiger partial charge in [0.25, 0.3) is 0 Å². The number of anilines is 2. The summed E-state index contributed by atoms with van der Waals surface area (Å²) in [5.41, 5.74) is -0.373. The summed E-state index contributed by atoms with van der Waals surface area (Å²) in [5, 5.41) is 2.27. The molecule has 0 spiro atoms. The van der Waals surface area contributed by atoms with E-state index in [2.05, 4.69) is 20.2 Å². The number of amides is 1. The number of hydrogen-bond acceptors (Lipinski definition) is 5. The maximum absolute atomic E-state index is 13.6. The van der Waals surface area contributed by atoms with Gasteiger partial charge in [0.2, 0.25) is 5.91 Å². The van der Waals surface area contributed by atoms with Crippen molar-refractivity contribution < 1.29 is 18.0 Å². The molecule has 1 aliphatic rings. The number of nitrogens with zero attached hydrogens (tertiary/aromatic N) is 4. The van der Waals surface area contributed by atoms with Crippen LogP contribution in [0, 0.1) is 17.5 Å². The summed E-state index contributed by atoms with van der Waals surface area (Å²) in [5.74, 6) is -4.01. The second kappa shape index (κ2) is 7.47. The first-order valence-corrected chi connectivity index (χ1v) is 7.71. The summed E-state index contributed by atoms with van der Waals surface area (Å²) in [6.07, 6.45) is 4.89. The van der Waals surface area contributed by atoms with Crippen molar-refractivity contribution in [2.75, 3.05) is 42.9 Å². The predicted octanol–water partition coefficient (Wildman–Crippen LogP) is 1.65. The van der Waals surface area contributed by atoms with E-state index >= 15 is 0 Å². The molecular formula is C16H16F3N5O. The maximum atomic E-state index is 13.6. The van der Waals surface area contributed by atoms with Crippen molar-refractivity contribution >= 4 is 17.4 Å². The summed E-state index contributed by atoms with van der Waals surface area (Å²) in [6, 6.07) is 1.77. The number of carbonyl (C=O) groups excluding carboxylic acids is 1. The van der Waals surface area contributed by atoms with E-state index < -0.39 is 23.4 Å². The highest BCUT2D eigenvalue weighted by Crippen LogP contribution is 2.19. The number of hydrogen-bond donors (Lipinski definition) is 1. The van der Waals surface area contributed by atoms with Crippen LogP contribution in [0.15, 0.2) is 30.7 Å². The highest BCUT2D eigenvalue weighted by Gasteiger charge is 2.21. The van der Waals surface area contributed by atoms with Gasteiger partial charge in [0.15, 0.2) is 17.5 Å². The molecule has 2 aromatic rings. The van der Waals surface area contributed by atoms with E-state index in [1.807, 2.05) is 4.90 Å². The molecule has 0 atom stereocenters. The Bertz CT molecular complexity index is 751. The smallest absolute Gasteiger partial charge is 0.238 e. The lowest BCUT2D eigenvalue weighted by Crippen LogP contribution is -2.49. The maximum Gasteiger partial charge on any atom is 0.238 e. The minimum atomic E-state index is -1.60. The summed E-state index contributed by atoms with van der Waals surface area (Å²) < 4.78 is 39.6. The van der Waals surface area contributed by atoms with Gasteiger partial charge in [-0.05, 0) is 12.1 Å². The fourth-order valence-electron chi connectivity index (χ4n) is 2.60. The zero-order chi connectivity index (χ0) is 17.8. The third-order valence-corrected chi connectivity index (χ3v) is 3.92. The van der Waals surface area contributed by atoms with Crippen LogP contribution < -0.4 is 10.2 Å². The van der Waals surface area contributed by atoms with Gasteiger partial charge in [0.05, 0.1) is 18.4 Å².